The van der Waals surface area contributed by atoms with Gasteiger partial charge in [-0.25, -0.2) is 0 Å². The van der Waals surface area contributed by atoms with E-state index < -0.39 is 0 Å². The molecule has 0 saturated carbocycles. The third-order valence-electron chi connectivity index (χ3n) is 0.111. The van der Waals surface area contributed by atoms with Crippen LogP contribution in [0.25, 0.3) is 0 Å². The Kier molecular flexibility index (Phi) is 16.7. The van der Waals surface area contributed by atoms with Gasteiger partial charge in [0.25, 0.3) is 0 Å². The van der Waals surface area contributed by atoms with Gasteiger partial charge in [-0.15, -0.1) is 12.4 Å². The topological polar surface area (TPSA) is 52.0 Å². The minimum Gasteiger partial charge on any atom is -0.403 e. The number of rotatable bonds is 0. The van der Waals surface area contributed by atoms with Crippen molar-refractivity contribution in [2.45, 2.75) is 0 Å². The lowest BCUT2D eigenvalue weighted by atomic mass is 11.0. The Balaban J connectivity index is 0. The molecule has 32 valence electrons. The first kappa shape index (κ1) is 8.82. The number of halogens is 1. The van der Waals surface area contributed by atoms with Crippen LogP contribution in [0.15, 0.2) is 12.4 Å². The summed E-state index contributed by atoms with van der Waals surface area (Å²) in [5, 5.41) is 0. The largest absolute Gasteiger partial charge is 0.403 e. The molecule has 0 heterocycles. The molecular weight excluding hydrogens is 87.5 g/mol. The normalized spacial score (nSPS) is 7.20. The summed E-state index contributed by atoms with van der Waals surface area (Å²) in [5.41, 5.74) is 9.44. The molecule has 4 N–H and O–H groups in total. The van der Waals surface area contributed by atoms with Crippen LogP contribution in [0.3, 0.4) is 0 Å². The molecule has 0 unspecified atom stereocenters. The molecule has 0 aliphatic rings. The Morgan fingerprint density at radius 2 is 1.20 bits per heavy atom. The van der Waals surface area contributed by atoms with Crippen LogP contribution in [0.4, 0.5) is 0 Å². The zero-order chi connectivity index (χ0) is 3.41. The van der Waals surface area contributed by atoms with Gasteiger partial charge in [0.1, 0.15) is 0 Å². The van der Waals surface area contributed by atoms with Gasteiger partial charge in [-0.05, 0) is 0 Å². The van der Waals surface area contributed by atoms with Gasteiger partial charge in [0.2, 0.25) is 0 Å². The molecule has 0 radical (unpaired) electrons. The molecule has 0 amide bonds. The van der Waals surface area contributed by atoms with Crippen LogP contribution < -0.4 is 11.5 Å². The van der Waals surface area contributed by atoms with Crippen molar-refractivity contribution < 1.29 is 0 Å². The lowest BCUT2D eigenvalue weighted by Crippen LogP contribution is -1.81. The number of hydrogen-bond donors (Lipinski definition) is 2. The monoisotopic (exact) mass is 94.0 g/mol. The Bertz CT molecular complexity index is 22.8. The van der Waals surface area contributed by atoms with Gasteiger partial charge in [0, 0.05) is 12.4 Å². The zero-order valence-electron chi connectivity index (χ0n) is 2.72. The van der Waals surface area contributed by atoms with Gasteiger partial charge < -0.3 is 11.5 Å². The molecule has 0 atom stereocenters. The average Bonchev–Trinajstić information content (AvgIpc) is 1.37. The highest BCUT2D eigenvalue weighted by atomic mass is 35.5. The summed E-state index contributed by atoms with van der Waals surface area (Å²) < 4.78 is 0. The highest BCUT2D eigenvalue weighted by Gasteiger charge is 1.30. The summed E-state index contributed by atoms with van der Waals surface area (Å²) in [6, 6.07) is 0. The summed E-state index contributed by atoms with van der Waals surface area (Å²) in [7, 11) is 0. The van der Waals surface area contributed by atoms with E-state index in [1.54, 1.807) is 0 Å². The van der Waals surface area contributed by atoms with Crippen molar-refractivity contribution in [3.63, 3.8) is 0 Å². The van der Waals surface area contributed by atoms with E-state index in [4.69, 9.17) is 11.5 Å². The minimum absolute atomic E-state index is 0. The lowest BCUT2D eigenvalue weighted by Gasteiger charge is -1.56. The van der Waals surface area contributed by atoms with Crippen molar-refractivity contribution in [1.29, 1.82) is 0 Å². The summed E-state index contributed by atoms with van der Waals surface area (Å²) in [5.74, 6) is 0. The first-order valence-corrected chi connectivity index (χ1v) is 1.00. The van der Waals surface area contributed by atoms with E-state index in [2.05, 4.69) is 0 Å². The van der Waals surface area contributed by atoms with Crippen LogP contribution >= 0.6 is 12.4 Å². The van der Waals surface area contributed by atoms with Crippen molar-refractivity contribution >= 4 is 12.4 Å². The molecule has 0 aromatic heterocycles. The zero-order valence-corrected chi connectivity index (χ0v) is 3.53. The Morgan fingerprint density at radius 3 is 1.20 bits per heavy atom. The molecule has 0 fully saturated rings. The van der Waals surface area contributed by atoms with Crippen molar-refractivity contribution in [3.8, 4) is 0 Å². The Hall–Kier alpha value is -0.370. The van der Waals surface area contributed by atoms with E-state index in [0.717, 1.165) is 0 Å². The minimum atomic E-state index is 0. The van der Waals surface area contributed by atoms with Crippen molar-refractivity contribution in [3.05, 3.63) is 12.4 Å². The second-order valence-corrected chi connectivity index (χ2v) is 0.385. The van der Waals surface area contributed by atoms with E-state index in [1.165, 1.54) is 12.4 Å². The Labute approximate surface area is 37.2 Å². The van der Waals surface area contributed by atoms with Crippen molar-refractivity contribution in [2.75, 3.05) is 0 Å². The summed E-state index contributed by atoms with van der Waals surface area (Å²) in [6.07, 6.45) is 2.56. The maximum atomic E-state index is 4.72. The SMILES string of the molecule is Cl.N/C=C\N. The molecule has 0 aliphatic heterocycles. The molecule has 3 heteroatoms. The van der Waals surface area contributed by atoms with Crippen LogP contribution in [-0.2, 0) is 0 Å². The fourth-order valence-electron chi connectivity index (χ4n) is 0. The smallest absolute Gasteiger partial charge is 0.00957 e. The van der Waals surface area contributed by atoms with Crippen LogP contribution in [-0.4, -0.2) is 0 Å². The summed E-state index contributed by atoms with van der Waals surface area (Å²) in [4.78, 5) is 0. The number of nitrogens with two attached hydrogens (primary N) is 2. The second kappa shape index (κ2) is 9.45. The third kappa shape index (κ3) is 24.3. The van der Waals surface area contributed by atoms with Gasteiger partial charge >= 0.3 is 0 Å². The first-order valence-electron chi connectivity index (χ1n) is 1.00. The van der Waals surface area contributed by atoms with E-state index in [0.29, 0.717) is 0 Å². The Morgan fingerprint density at radius 1 is 1.00 bits per heavy atom. The van der Waals surface area contributed by atoms with Crippen molar-refractivity contribution in [2.24, 2.45) is 11.5 Å². The summed E-state index contributed by atoms with van der Waals surface area (Å²) >= 11 is 0. The van der Waals surface area contributed by atoms with Crippen LogP contribution in [0, 0.1) is 0 Å². The van der Waals surface area contributed by atoms with Gasteiger partial charge in [0.15, 0.2) is 0 Å². The quantitative estimate of drug-likeness (QED) is 0.437. The second-order valence-electron chi connectivity index (χ2n) is 0.385. The van der Waals surface area contributed by atoms with E-state index in [-0.39, 0.29) is 12.4 Å². The molecule has 0 spiro atoms. The predicted molar refractivity (Wildman–Crippen MR) is 24.8 cm³/mol. The number of hydrogen-bond acceptors (Lipinski definition) is 2. The van der Waals surface area contributed by atoms with E-state index in [1.807, 2.05) is 0 Å². The van der Waals surface area contributed by atoms with Gasteiger partial charge in [-0.1, -0.05) is 0 Å². The van der Waals surface area contributed by atoms with Gasteiger partial charge in [-0.3, -0.25) is 0 Å². The van der Waals surface area contributed by atoms with Crippen LogP contribution in [0.1, 0.15) is 0 Å². The maximum Gasteiger partial charge on any atom is 0.00957 e. The molecule has 2 nitrogen and oxygen atoms in total. The molecular formula is C2H7ClN2. The fourth-order valence-corrected chi connectivity index (χ4v) is 0. The van der Waals surface area contributed by atoms with E-state index in [9.17, 15) is 0 Å². The highest BCUT2D eigenvalue weighted by Crippen LogP contribution is 1.30. The summed E-state index contributed by atoms with van der Waals surface area (Å²) in [6.45, 7) is 0. The molecule has 0 aromatic carbocycles. The molecule has 0 saturated heterocycles. The van der Waals surface area contributed by atoms with Gasteiger partial charge in [0.05, 0.1) is 0 Å². The average molecular weight is 94.5 g/mol. The fraction of sp³-hybridized carbons (Fsp3) is 0. The molecule has 0 rings (SSSR count). The molecule has 5 heavy (non-hydrogen) atoms. The standard InChI is InChI=1S/C2H6N2.ClH/c3-1-2-4;/h1-2H,3-4H2;1H/b2-1-;. The maximum absolute atomic E-state index is 4.72. The highest BCUT2D eigenvalue weighted by molar-refractivity contribution is 5.85. The van der Waals surface area contributed by atoms with Crippen LogP contribution in [0.2, 0.25) is 0 Å². The first-order chi connectivity index (χ1) is 1.91. The lowest BCUT2D eigenvalue weighted by molar-refractivity contribution is 1.50. The van der Waals surface area contributed by atoms with E-state index >= 15 is 0 Å². The predicted octanol–water partition coefficient (Wildman–Crippen LogP) is -0.203. The van der Waals surface area contributed by atoms with Crippen molar-refractivity contribution in [1.82, 2.24) is 0 Å². The molecule has 0 bridgehead atoms. The molecule has 0 aliphatic carbocycles. The van der Waals surface area contributed by atoms with Crippen LogP contribution in [0.5, 0.6) is 0 Å². The van der Waals surface area contributed by atoms with Gasteiger partial charge in [-0.2, -0.15) is 0 Å². The third-order valence-corrected chi connectivity index (χ3v) is 0.111. The molecule has 0 aromatic rings.